The van der Waals surface area contributed by atoms with E-state index in [1.165, 1.54) is 0 Å². The fraction of sp³-hybridized carbons (Fsp3) is 0.696. The van der Waals surface area contributed by atoms with Gasteiger partial charge in [0, 0.05) is 25.3 Å². The second kappa shape index (κ2) is 12.2. The third-order valence-corrected chi connectivity index (χ3v) is 5.02. The minimum atomic E-state index is -0.327. The normalized spacial score (nSPS) is 16.1. The highest BCUT2D eigenvalue weighted by atomic mass is 16.7. The molecule has 5 heteroatoms. The van der Waals surface area contributed by atoms with Crippen LogP contribution in [0.1, 0.15) is 77.2 Å². The predicted molar refractivity (Wildman–Crippen MR) is 111 cm³/mol. The Kier molecular flexibility index (Phi) is 9.96. The quantitative estimate of drug-likeness (QED) is 0.412. The van der Waals surface area contributed by atoms with Crippen LogP contribution in [0, 0.1) is 5.92 Å². The van der Waals surface area contributed by atoms with Crippen molar-refractivity contribution in [2.75, 3.05) is 13.2 Å². The SMILES string of the molecule is CCOC(OCC)c1ccc(CN[C@@H](CC(C)C)C(=O)OC2CCCC2)cc1. The topological polar surface area (TPSA) is 56.8 Å². The van der Waals surface area contributed by atoms with Gasteiger partial charge in [0.05, 0.1) is 0 Å². The molecule has 0 heterocycles. The fourth-order valence-electron chi connectivity index (χ4n) is 3.56. The van der Waals surface area contributed by atoms with Gasteiger partial charge in [-0.1, -0.05) is 38.1 Å². The Hall–Kier alpha value is -1.43. The molecule has 0 spiro atoms. The number of hydrogen-bond donors (Lipinski definition) is 1. The highest BCUT2D eigenvalue weighted by Gasteiger charge is 2.26. The van der Waals surface area contributed by atoms with Gasteiger partial charge in [-0.3, -0.25) is 4.79 Å². The van der Waals surface area contributed by atoms with Crippen molar-refractivity contribution in [3.8, 4) is 0 Å². The molecular weight excluding hydrogens is 354 g/mol. The van der Waals surface area contributed by atoms with Crippen molar-refractivity contribution in [2.45, 2.75) is 84.8 Å². The molecule has 1 N–H and O–H groups in total. The Morgan fingerprint density at radius 1 is 1.07 bits per heavy atom. The number of rotatable bonds is 12. The number of carbonyl (C=O) groups excluding carboxylic acids is 1. The minimum absolute atomic E-state index is 0.107. The molecule has 1 aromatic rings. The van der Waals surface area contributed by atoms with E-state index in [-0.39, 0.29) is 24.4 Å². The minimum Gasteiger partial charge on any atom is -0.461 e. The van der Waals surface area contributed by atoms with Crippen LogP contribution in [0.3, 0.4) is 0 Å². The van der Waals surface area contributed by atoms with E-state index in [1.54, 1.807) is 0 Å². The summed E-state index contributed by atoms with van der Waals surface area (Å²) in [4.78, 5) is 12.6. The second-order valence-electron chi connectivity index (χ2n) is 7.89. The van der Waals surface area contributed by atoms with Crippen molar-refractivity contribution in [3.05, 3.63) is 35.4 Å². The summed E-state index contributed by atoms with van der Waals surface area (Å²) in [7, 11) is 0. The van der Waals surface area contributed by atoms with E-state index >= 15 is 0 Å². The average molecular weight is 392 g/mol. The molecule has 0 amide bonds. The van der Waals surface area contributed by atoms with Crippen LogP contribution >= 0.6 is 0 Å². The largest absolute Gasteiger partial charge is 0.461 e. The number of ether oxygens (including phenoxy) is 3. The predicted octanol–water partition coefficient (Wildman–Crippen LogP) is 4.75. The molecule has 0 bridgehead atoms. The van der Waals surface area contributed by atoms with E-state index in [2.05, 4.69) is 31.3 Å². The molecule has 158 valence electrons. The van der Waals surface area contributed by atoms with Crippen molar-refractivity contribution in [1.82, 2.24) is 5.32 Å². The van der Waals surface area contributed by atoms with E-state index < -0.39 is 0 Å². The highest BCUT2D eigenvalue weighted by molar-refractivity contribution is 5.76. The van der Waals surface area contributed by atoms with Crippen LogP contribution in [-0.2, 0) is 25.5 Å². The number of nitrogens with one attached hydrogen (secondary N) is 1. The zero-order valence-corrected chi connectivity index (χ0v) is 17.9. The van der Waals surface area contributed by atoms with Crippen LogP contribution in [-0.4, -0.2) is 31.3 Å². The molecule has 1 aliphatic carbocycles. The summed E-state index contributed by atoms with van der Waals surface area (Å²) in [6, 6.07) is 7.91. The van der Waals surface area contributed by atoms with Gasteiger partial charge in [0.15, 0.2) is 6.29 Å². The van der Waals surface area contributed by atoms with Gasteiger partial charge in [-0.2, -0.15) is 0 Å². The smallest absolute Gasteiger partial charge is 0.323 e. The molecular formula is C23H37NO4. The molecule has 2 rings (SSSR count). The number of benzene rings is 1. The standard InChI is InChI=1S/C23H37NO4/c1-5-26-23(27-6-2)19-13-11-18(12-14-19)16-24-21(15-17(3)4)22(25)28-20-9-7-8-10-20/h11-14,17,20-21,23-24H,5-10,15-16H2,1-4H3/t21-/m0/s1. The van der Waals surface area contributed by atoms with Crippen molar-refractivity contribution in [3.63, 3.8) is 0 Å². The lowest BCUT2D eigenvalue weighted by atomic mass is 10.0. The third-order valence-electron chi connectivity index (χ3n) is 5.02. The van der Waals surface area contributed by atoms with Crippen LogP contribution in [0.2, 0.25) is 0 Å². The molecule has 0 saturated heterocycles. The number of esters is 1. The van der Waals surface area contributed by atoms with Gasteiger partial charge in [-0.25, -0.2) is 0 Å². The van der Waals surface area contributed by atoms with Crippen LogP contribution in [0.15, 0.2) is 24.3 Å². The van der Waals surface area contributed by atoms with Gasteiger partial charge in [0.2, 0.25) is 0 Å². The maximum Gasteiger partial charge on any atom is 0.323 e. The lowest BCUT2D eigenvalue weighted by Gasteiger charge is -2.22. The first kappa shape index (κ1) is 22.9. The molecule has 1 aliphatic rings. The Morgan fingerprint density at radius 3 is 2.21 bits per heavy atom. The van der Waals surface area contributed by atoms with E-state index in [4.69, 9.17) is 14.2 Å². The zero-order valence-electron chi connectivity index (χ0n) is 17.9. The van der Waals surface area contributed by atoms with E-state index in [0.29, 0.717) is 25.7 Å². The summed E-state index contributed by atoms with van der Waals surface area (Å²) in [6.45, 7) is 10.0. The Morgan fingerprint density at radius 2 is 1.68 bits per heavy atom. The van der Waals surface area contributed by atoms with Gasteiger partial charge >= 0.3 is 5.97 Å². The molecule has 28 heavy (non-hydrogen) atoms. The second-order valence-corrected chi connectivity index (χ2v) is 7.89. The van der Waals surface area contributed by atoms with E-state index in [0.717, 1.165) is 43.2 Å². The highest BCUT2D eigenvalue weighted by Crippen LogP contribution is 2.22. The van der Waals surface area contributed by atoms with Crippen LogP contribution in [0.4, 0.5) is 0 Å². The first-order chi connectivity index (χ1) is 13.5. The monoisotopic (exact) mass is 391 g/mol. The molecule has 1 fully saturated rings. The van der Waals surface area contributed by atoms with Gasteiger partial charge in [-0.05, 0) is 57.4 Å². The molecule has 0 aliphatic heterocycles. The zero-order chi connectivity index (χ0) is 20.4. The van der Waals surface area contributed by atoms with Crippen LogP contribution in [0.25, 0.3) is 0 Å². The average Bonchev–Trinajstić information content (AvgIpc) is 3.18. The summed E-state index contributed by atoms with van der Waals surface area (Å²) < 4.78 is 17.0. The number of carbonyl (C=O) groups is 1. The van der Waals surface area contributed by atoms with E-state index in [9.17, 15) is 4.79 Å². The van der Waals surface area contributed by atoms with Gasteiger partial charge in [0.1, 0.15) is 12.1 Å². The molecule has 0 unspecified atom stereocenters. The number of hydrogen-bond acceptors (Lipinski definition) is 5. The van der Waals surface area contributed by atoms with Crippen molar-refractivity contribution >= 4 is 5.97 Å². The van der Waals surface area contributed by atoms with Crippen molar-refractivity contribution in [1.29, 1.82) is 0 Å². The lowest BCUT2D eigenvalue weighted by molar-refractivity contribution is -0.151. The first-order valence-electron chi connectivity index (χ1n) is 10.8. The first-order valence-corrected chi connectivity index (χ1v) is 10.8. The van der Waals surface area contributed by atoms with Gasteiger partial charge < -0.3 is 19.5 Å². The summed E-state index contributed by atoms with van der Waals surface area (Å²) in [5.74, 6) is 0.319. The fourth-order valence-corrected chi connectivity index (χ4v) is 3.56. The van der Waals surface area contributed by atoms with Gasteiger partial charge in [-0.15, -0.1) is 0 Å². The summed E-state index contributed by atoms with van der Waals surface area (Å²) in [5.41, 5.74) is 2.13. The van der Waals surface area contributed by atoms with E-state index in [1.807, 2.05) is 26.0 Å². The summed E-state index contributed by atoms with van der Waals surface area (Å²) in [6.07, 6.45) is 4.89. The maximum atomic E-state index is 12.6. The molecule has 0 aromatic heterocycles. The summed E-state index contributed by atoms with van der Waals surface area (Å²) >= 11 is 0. The maximum absolute atomic E-state index is 12.6. The molecule has 5 nitrogen and oxygen atoms in total. The van der Waals surface area contributed by atoms with Crippen LogP contribution < -0.4 is 5.32 Å². The van der Waals surface area contributed by atoms with Crippen molar-refractivity contribution < 1.29 is 19.0 Å². The van der Waals surface area contributed by atoms with Gasteiger partial charge in [0.25, 0.3) is 0 Å². The molecule has 0 radical (unpaired) electrons. The third kappa shape index (κ3) is 7.53. The summed E-state index contributed by atoms with van der Waals surface area (Å²) in [5, 5.41) is 3.40. The molecule has 1 saturated carbocycles. The van der Waals surface area contributed by atoms with Crippen LogP contribution in [0.5, 0.6) is 0 Å². The Labute approximate surface area is 170 Å². The molecule has 1 atom stereocenters. The van der Waals surface area contributed by atoms with Crippen molar-refractivity contribution in [2.24, 2.45) is 5.92 Å². The lowest BCUT2D eigenvalue weighted by Crippen LogP contribution is -2.40. The Bertz CT molecular complexity index is 560. The Balaban J connectivity index is 1.92. The molecule has 1 aromatic carbocycles.